The molecule has 6 heteroatoms. The lowest BCUT2D eigenvalue weighted by molar-refractivity contribution is -0.149. The summed E-state index contributed by atoms with van der Waals surface area (Å²) in [6, 6.07) is 3.95. The lowest BCUT2D eigenvalue weighted by Gasteiger charge is -2.31. The second-order valence-corrected chi connectivity index (χ2v) is 5.05. The lowest BCUT2D eigenvalue weighted by atomic mass is 9.97. The first-order valence-corrected chi connectivity index (χ1v) is 7.00. The minimum atomic E-state index is -0.334. The van der Waals surface area contributed by atoms with Gasteiger partial charge in [-0.05, 0) is 38.0 Å². The van der Waals surface area contributed by atoms with Crippen molar-refractivity contribution in [1.29, 1.82) is 0 Å². The van der Waals surface area contributed by atoms with Crippen molar-refractivity contribution in [3.63, 3.8) is 0 Å². The molecule has 1 aliphatic heterocycles. The Bertz CT molecular complexity index is 543. The molecule has 1 fully saturated rings. The van der Waals surface area contributed by atoms with Crippen LogP contribution in [0.1, 0.15) is 30.1 Å². The Morgan fingerprint density at radius 2 is 2.10 bits per heavy atom. The molecule has 1 saturated heterocycles. The predicted molar refractivity (Wildman–Crippen MR) is 75.0 cm³/mol. The number of nitrogens with zero attached hydrogens (tertiary/aromatic N) is 1. The van der Waals surface area contributed by atoms with E-state index in [2.05, 4.69) is 0 Å². The molecule has 0 spiro atoms. The summed E-state index contributed by atoms with van der Waals surface area (Å²) in [6.45, 7) is 2.97. The molecule has 0 bridgehead atoms. The minimum absolute atomic E-state index is 0.265. The van der Waals surface area contributed by atoms with E-state index in [1.807, 2.05) is 0 Å². The first-order chi connectivity index (χ1) is 10.0. The van der Waals surface area contributed by atoms with Crippen LogP contribution in [0.25, 0.3) is 0 Å². The number of amides is 1. The topological polar surface area (TPSA) is 87.1 Å². The summed E-state index contributed by atoms with van der Waals surface area (Å²) in [5.41, 5.74) is 0.287. The molecule has 114 valence electrons. The number of phenolic OH excluding ortho intramolecular Hbond substituents is 2. The number of esters is 1. The number of rotatable bonds is 3. The molecular formula is C15H19NO5. The van der Waals surface area contributed by atoms with Crippen LogP contribution in [0.15, 0.2) is 18.2 Å². The normalized spacial score (nSPS) is 18.3. The summed E-state index contributed by atoms with van der Waals surface area (Å²) in [5.74, 6) is -1.44. The number of ether oxygens (including phenoxy) is 1. The number of hydrogen-bond acceptors (Lipinski definition) is 5. The number of carbonyl (C=O) groups is 2. The Labute approximate surface area is 122 Å². The van der Waals surface area contributed by atoms with Gasteiger partial charge in [0.15, 0.2) is 11.5 Å². The van der Waals surface area contributed by atoms with Crippen molar-refractivity contribution in [1.82, 2.24) is 4.90 Å². The maximum Gasteiger partial charge on any atom is 0.310 e. The van der Waals surface area contributed by atoms with E-state index in [4.69, 9.17) is 4.74 Å². The van der Waals surface area contributed by atoms with E-state index >= 15 is 0 Å². The molecule has 6 nitrogen and oxygen atoms in total. The molecule has 1 heterocycles. The van der Waals surface area contributed by atoms with Crippen LogP contribution in [0, 0.1) is 5.92 Å². The SMILES string of the molecule is CCOC(=O)C1CCCN(C(=O)c2ccc(O)c(O)c2)C1. The van der Waals surface area contributed by atoms with Gasteiger partial charge in [0.25, 0.3) is 5.91 Å². The molecule has 1 amide bonds. The fraction of sp³-hybridized carbons (Fsp3) is 0.467. The summed E-state index contributed by atoms with van der Waals surface area (Å²) in [6.07, 6.45) is 1.45. The fourth-order valence-electron chi connectivity index (χ4n) is 2.45. The third kappa shape index (κ3) is 3.45. The van der Waals surface area contributed by atoms with Crippen LogP contribution in [-0.2, 0) is 9.53 Å². The summed E-state index contributed by atoms with van der Waals surface area (Å²) in [5, 5.41) is 18.7. The van der Waals surface area contributed by atoms with Crippen LogP contribution < -0.4 is 0 Å². The van der Waals surface area contributed by atoms with Crippen molar-refractivity contribution >= 4 is 11.9 Å². The van der Waals surface area contributed by atoms with Crippen molar-refractivity contribution in [2.75, 3.05) is 19.7 Å². The molecule has 0 radical (unpaired) electrons. The maximum atomic E-state index is 12.4. The van der Waals surface area contributed by atoms with Crippen molar-refractivity contribution in [3.8, 4) is 11.5 Å². The molecule has 21 heavy (non-hydrogen) atoms. The minimum Gasteiger partial charge on any atom is -0.504 e. The molecule has 1 atom stereocenters. The average molecular weight is 293 g/mol. The lowest BCUT2D eigenvalue weighted by Crippen LogP contribution is -2.42. The highest BCUT2D eigenvalue weighted by molar-refractivity contribution is 5.95. The van der Waals surface area contributed by atoms with Crippen LogP contribution in [0.2, 0.25) is 0 Å². The number of benzene rings is 1. The third-order valence-corrected chi connectivity index (χ3v) is 3.55. The zero-order chi connectivity index (χ0) is 15.4. The molecule has 0 aromatic heterocycles. The van der Waals surface area contributed by atoms with Gasteiger partial charge in [-0.3, -0.25) is 9.59 Å². The molecule has 2 N–H and O–H groups in total. The Morgan fingerprint density at radius 1 is 1.33 bits per heavy atom. The van der Waals surface area contributed by atoms with Crippen molar-refractivity contribution in [2.45, 2.75) is 19.8 Å². The predicted octanol–water partition coefficient (Wildman–Crippen LogP) is 1.51. The van der Waals surface area contributed by atoms with Gasteiger partial charge in [0.05, 0.1) is 12.5 Å². The van der Waals surface area contributed by atoms with Gasteiger partial charge in [-0.2, -0.15) is 0 Å². The van der Waals surface area contributed by atoms with Crippen LogP contribution in [0.5, 0.6) is 11.5 Å². The first-order valence-electron chi connectivity index (χ1n) is 7.00. The zero-order valence-electron chi connectivity index (χ0n) is 11.9. The molecule has 1 aromatic rings. The summed E-state index contributed by atoms with van der Waals surface area (Å²) < 4.78 is 5.00. The van der Waals surface area contributed by atoms with Crippen molar-refractivity contribution < 1.29 is 24.5 Å². The van der Waals surface area contributed by atoms with Crippen LogP contribution in [-0.4, -0.2) is 46.7 Å². The second-order valence-electron chi connectivity index (χ2n) is 5.05. The Morgan fingerprint density at radius 3 is 2.76 bits per heavy atom. The van der Waals surface area contributed by atoms with E-state index in [1.165, 1.54) is 18.2 Å². The van der Waals surface area contributed by atoms with Crippen molar-refractivity contribution in [3.05, 3.63) is 23.8 Å². The number of piperidine rings is 1. The number of aromatic hydroxyl groups is 2. The van der Waals surface area contributed by atoms with E-state index in [-0.39, 0.29) is 34.9 Å². The van der Waals surface area contributed by atoms with Crippen molar-refractivity contribution in [2.24, 2.45) is 5.92 Å². The molecular weight excluding hydrogens is 274 g/mol. The largest absolute Gasteiger partial charge is 0.504 e. The Hall–Kier alpha value is -2.24. The highest BCUT2D eigenvalue weighted by atomic mass is 16.5. The average Bonchev–Trinajstić information content (AvgIpc) is 2.49. The van der Waals surface area contributed by atoms with E-state index in [9.17, 15) is 19.8 Å². The summed E-state index contributed by atoms with van der Waals surface area (Å²) >= 11 is 0. The van der Waals surface area contributed by atoms with Gasteiger partial charge >= 0.3 is 5.97 Å². The van der Waals surface area contributed by atoms with Gasteiger partial charge in [-0.25, -0.2) is 0 Å². The standard InChI is InChI=1S/C15H19NO5/c1-2-21-15(20)11-4-3-7-16(9-11)14(19)10-5-6-12(17)13(18)8-10/h5-6,8,11,17-18H,2-4,7,9H2,1H3. The number of carbonyl (C=O) groups excluding carboxylic acids is 2. The summed E-state index contributed by atoms with van der Waals surface area (Å²) in [7, 11) is 0. The second kappa shape index (κ2) is 6.47. The van der Waals surface area contributed by atoms with E-state index < -0.39 is 0 Å². The van der Waals surface area contributed by atoms with Crippen LogP contribution in [0.3, 0.4) is 0 Å². The molecule has 2 rings (SSSR count). The van der Waals surface area contributed by atoms with E-state index in [0.717, 1.165) is 6.42 Å². The highest BCUT2D eigenvalue weighted by Crippen LogP contribution is 2.26. The smallest absolute Gasteiger partial charge is 0.310 e. The van der Waals surface area contributed by atoms with Gasteiger partial charge in [0, 0.05) is 18.7 Å². The summed E-state index contributed by atoms with van der Waals surface area (Å²) in [4.78, 5) is 25.7. The Kier molecular flexibility index (Phi) is 4.67. The zero-order valence-corrected chi connectivity index (χ0v) is 11.9. The first kappa shape index (κ1) is 15.2. The molecule has 0 aliphatic carbocycles. The number of hydrogen-bond donors (Lipinski definition) is 2. The van der Waals surface area contributed by atoms with Crippen LogP contribution in [0.4, 0.5) is 0 Å². The molecule has 1 aliphatic rings. The molecule has 1 aromatic carbocycles. The monoisotopic (exact) mass is 293 g/mol. The Balaban J connectivity index is 2.08. The fourth-order valence-corrected chi connectivity index (χ4v) is 2.45. The highest BCUT2D eigenvalue weighted by Gasteiger charge is 2.29. The maximum absolute atomic E-state index is 12.4. The van der Waals surface area contributed by atoms with Gasteiger partial charge in [-0.15, -0.1) is 0 Å². The third-order valence-electron chi connectivity index (χ3n) is 3.55. The molecule has 1 unspecified atom stereocenters. The molecule has 0 saturated carbocycles. The van der Waals surface area contributed by atoms with E-state index in [0.29, 0.717) is 26.1 Å². The number of likely N-dealkylation sites (tertiary alicyclic amines) is 1. The van der Waals surface area contributed by atoms with Gasteiger partial charge < -0.3 is 19.8 Å². The van der Waals surface area contributed by atoms with Gasteiger partial charge in [0.2, 0.25) is 0 Å². The quantitative estimate of drug-likeness (QED) is 0.651. The van der Waals surface area contributed by atoms with Gasteiger partial charge in [-0.1, -0.05) is 0 Å². The number of phenols is 2. The van der Waals surface area contributed by atoms with E-state index in [1.54, 1.807) is 11.8 Å². The van der Waals surface area contributed by atoms with Crippen LogP contribution >= 0.6 is 0 Å². The van der Waals surface area contributed by atoms with Gasteiger partial charge in [0.1, 0.15) is 0 Å².